The highest BCUT2D eigenvalue weighted by Gasteiger charge is 2.22. The van der Waals surface area contributed by atoms with Crippen LogP contribution < -0.4 is 4.74 Å². The van der Waals surface area contributed by atoms with Crippen molar-refractivity contribution in [2.24, 2.45) is 0 Å². The number of nitrogens with zero attached hydrogens (tertiary/aromatic N) is 3. The maximum atomic E-state index is 5.38. The SMILES string of the molecule is CCc1ncc(-c2nc(C3CCOCC3)no2)cc1OC. The molecule has 6 heteroatoms. The Morgan fingerprint density at radius 2 is 2.14 bits per heavy atom. The van der Waals surface area contributed by atoms with Crippen molar-refractivity contribution in [3.8, 4) is 17.2 Å². The van der Waals surface area contributed by atoms with Crippen LogP contribution in [0.4, 0.5) is 0 Å². The Morgan fingerprint density at radius 1 is 1.33 bits per heavy atom. The molecule has 0 unspecified atom stereocenters. The molecule has 0 atom stereocenters. The molecule has 0 saturated carbocycles. The van der Waals surface area contributed by atoms with E-state index in [9.17, 15) is 0 Å². The van der Waals surface area contributed by atoms with Gasteiger partial charge in [-0.25, -0.2) is 0 Å². The smallest absolute Gasteiger partial charge is 0.259 e. The van der Waals surface area contributed by atoms with Crippen LogP contribution in [0.15, 0.2) is 16.8 Å². The molecule has 21 heavy (non-hydrogen) atoms. The molecule has 1 saturated heterocycles. The Morgan fingerprint density at radius 3 is 2.86 bits per heavy atom. The predicted octanol–water partition coefficient (Wildman–Crippen LogP) is 2.60. The fraction of sp³-hybridized carbons (Fsp3) is 0.533. The van der Waals surface area contributed by atoms with Gasteiger partial charge in [-0.1, -0.05) is 12.1 Å². The molecule has 112 valence electrons. The molecule has 0 radical (unpaired) electrons. The van der Waals surface area contributed by atoms with Gasteiger partial charge < -0.3 is 14.0 Å². The zero-order valence-electron chi connectivity index (χ0n) is 12.3. The standard InChI is InChI=1S/C15H19N3O3/c1-3-12-13(19-2)8-11(9-16-12)15-17-14(18-21-15)10-4-6-20-7-5-10/h8-10H,3-7H2,1-2H3. The van der Waals surface area contributed by atoms with Crippen molar-refractivity contribution in [3.05, 3.63) is 23.8 Å². The Balaban J connectivity index is 1.85. The summed E-state index contributed by atoms with van der Waals surface area (Å²) in [6.45, 7) is 3.56. The first-order valence-electron chi connectivity index (χ1n) is 7.26. The first kappa shape index (κ1) is 14.0. The highest BCUT2D eigenvalue weighted by Crippen LogP contribution is 2.28. The van der Waals surface area contributed by atoms with E-state index in [4.69, 9.17) is 14.0 Å². The second kappa shape index (κ2) is 6.22. The molecule has 0 aliphatic carbocycles. The van der Waals surface area contributed by atoms with Crippen LogP contribution in [-0.2, 0) is 11.2 Å². The minimum absolute atomic E-state index is 0.320. The van der Waals surface area contributed by atoms with Gasteiger partial charge in [0.2, 0.25) is 0 Å². The molecule has 1 aliphatic rings. The maximum absolute atomic E-state index is 5.38. The summed E-state index contributed by atoms with van der Waals surface area (Å²) in [5.41, 5.74) is 1.71. The summed E-state index contributed by atoms with van der Waals surface area (Å²) in [5.74, 6) is 2.32. The van der Waals surface area contributed by atoms with E-state index in [2.05, 4.69) is 15.1 Å². The van der Waals surface area contributed by atoms with Crippen LogP contribution >= 0.6 is 0 Å². The maximum Gasteiger partial charge on any atom is 0.259 e. The lowest BCUT2D eigenvalue weighted by atomic mass is 10.00. The Kier molecular flexibility index (Phi) is 4.15. The van der Waals surface area contributed by atoms with Crippen LogP contribution in [0.3, 0.4) is 0 Å². The monoisotopic (exact) mass is 289 g/mol. The summed E-state index contributed by atoms with van der Waals surface area (Å²) in [6.07, 6.45) is 4.45. The molecular formula is C15H19N3O3. The zero-order valence-corrected chi connectivity index (χ0v) is 12.3. The van der Waals surface area contributed by atoms with Gasteiger partial charge in [0.25, 0.3) is 5.89 Å². The van der Waals surface area contributed by atoms with Crippen molar-refractivity contribution in [2.75, 3.05) is 20.3 Å². The number of rotatable bonds is 4. The minimum atomic E-state index is 0.320. The largest absolute Gasteiger partial charge is 0.495 e. The summed E-state index contributed by atoms with van der Waals surface area (Å²) in [4.78, 5) is 8.90. The molecule has 2 aromatic rings. The number of hydrogen-bond donors (Lipinski definition) is 0. The lowest BCUT2D eigenvalue weighted by Crippen LogP contribution is -2.15. The number of aryl methyl sites for hydroxylation is 1. The highest BCUT2D eigenvalue weighted by molar-refractivity contribution is 5.55. The van der Waals surface area contributed by atoms with E-state index in [1.165, 1.54) is 0 Å². The number of hydrogen-bond acceptors (Lipinski definition) is 6. The first-order valence-corrected chi connectivity index (χ1v) is 7.26. The van der Waals surface area contributed by atoms with Crippen LogP contribution in [0.2, 0.25) is 0 Å². The predicted molar refractivity (Wildman–Crippen MR) is 76.3 cm³/mol. The third kappa shape index (κ3) is 2.90. The molecule has 6 nitrogen and oxygen atoms in total. The molecule has 0 N–H and O–H groups in total. The molecule has 1 aliphatic heterocycles. The quantitative estimate of drug-likeness (QED) is 0.861. The van der Waals surface area contributed by atoms with Crippen molar-refractivity contribution < 1.29 is 14.0 Å². The summed E-state index contributed by atoms with van der Waals surface area (Å²) < 4.78 is 16.1. The molecule has 3 heterocycles. The average molecular weight is 289 g/mol. The lowest BCUT2D eigenvalue weighted by Gasteiger charge is -2.18. The van der Waals surface area contributed by atoms with Gasteiger partial charge >= 0.3 is 0 Å². The molecule has 1 fully saturated rings. The van der Waals surface area contributed by atoms with Crippen molar-refractivity contribution >= 4 is 0 Å². The summed E-state index contributed by atoms with van der Waals surface area (Å²) >= 11 is 0. The molecule has 2 aromatic heterocycles. The minimum Gasteiger partial charge on any atom is -0.495 e. The van der Waals surface area contributed by atoms with Crippen LogP contribution in [0, 0.1) is 0 Å². The van der Waals surface area contributed by atoms with Gasteiger partial charge in [0, 0.05) is 25.3 Å². The zero-order chi connectivity index (χ0) is 14.7. The summed E-state index contributed by atoms with van der Waals surface area (Å²) in [7, 11) is 1.64. The van der Waals surface area contributed by atoms with E-state index in [-0.39, 0.29) is 0 Å². The van der Waals surface area contributed by atoms with Gasteiger partial charge in [0.1, 0.15) is 5.75 Å². The Labute approximate surface area is 123 Å². The van der Waals surface area contributed by atoms with E-state index in [1.807, 2.05) is 13.0 Å². The first-order chi connectivity index (χ1) is 10.3. The molecular weight excluding hydrogens is 270 g/mol. The second-order valence-corrected chi connectivity index (χ2v) is 5.07. The molecule has 0 bridgehead atoms. The summed E-state index contributed by atoms with van der Waals surface area (Å²) in [6, 6.07) is 1.90. The number of ether oxygens (including phenoxy) is 2. The van der Waals surface area contributed by atoms with E-state index in [0.29, 0.717) is 11.8 Å². The number of aromatic nitrogens is 3. The van der Waals surface area contributed by atoms with E-state index in [1.54, 1.807) is 13.3 Å². The Bertz CT molecular complexity index is 606. The lowest BCUT2D eigenvalue weighted by molar-refractivity contribution is 0.0830. The second-order valence-electron chi connectivity index (χ2n) is 5.07. The van der Waals surface area contributed by atoms with Crippen molar-refractivity contribution in [1.29, 1.82) is 0 Å². The van der Waals surface area contributed by atoms with Gasteiger partial charge in [0.05, 0.1) is 18.4 Å². The molecule has 0 spiro atoms. The van der Waals surface area contributed by atoms with E-state index >= 15 is 0 Å². The van der Waals surface area contributed by atoms with Crippen LogP contribution in [0.5, 0.6) is 5.75 Å². The van der Waals surface area contributed by atoms with Gasteiger partial charge in [-0.05, 0) is 25.3 Å². The van der Waals surface area contributed by atoms with Crippen LogP contribution in [0.25, 0.3) is 11.5 Å². The van der Waals surface area contributed by atoms with E-state index < -0.39 is 0 Å². The third-order valence-electron chi connectivity index (χ3n) is 3.76. The van der Waals surface area contributed by atoms with E-state index in [0.717, 1.165) is 55.3 Å². The Hall–Kier alpha value is -1.95. The average Bonchev–Trinajstić information content (AvgIpc) is 3.05. The van der Waals surface area contributed by atoms with Gasteiger partial charge in [0.15, 0.2) is 5.82 Å². The molecule has 0 aromatic carbocycles. The fourth-order valence-corrected chi connectivity index (χ4v) is 2.51. The number of methoxy groups -OCH3 is 1. The van der Waals surface area contributed by atoms with Gasteiger partial charge in [-0.2, -0.15) is 4.98 Å². The van der Waals surface area contributed by atoms with Gasteiger partial charge in [-0.3, -0.25) is 4.98 Å². The van der Waals surface area contributed by atoms with Gasteiger partial charge in [-0.15, -0.1) is 0 Å². The van der Waals surface area contributed by atoms with Crippen LogP contribution in [-0.4, -0.2) is 35.4 Å². The topological polar surface area (TPSA) is 70.3 Å². The molecule has 3 rings (SSSR count). The van der Waals surface area contributed by atoms with Crippen LogP contribution in [0.1, 0.15) is 37.2 Å². The third-order valence-corrected chi connectivity index (χ3v) is 3.76. The van der Waals surface area contributed by atoms with Crippen molar-refractivity contribution in [1.82, 2.24) is 15.1 Å². The highest BCUT2D eigenvalue weighted by atomic mass is 16.5. The normalized spacial score (nSPS) is 16.1. The summed E-state index contributed by atoms with van der Waals surface area (Å²) in [5, 5.41) is 4.10. The molecule has 0 amide bonds. The number of pyridine rings is 1. The fourth-order valence-electron chi connectivity index (χ4n) is 2.51. The van der Waals surface area contributed by atoms with Crippen molar-refractivity contribution in [3.63, 3.8) is 0 Å². The van der Waals surface area contributed by atoms with Crippen molar-refractivity contribution in [2.45, 2.75) is 32.1 Å².